The highest BCUT2D eigenvalue weighted by molar-refractivity contribution is 7.85. The molecule has 1 N–H and O–H groups in total. The first-order valence-electron chi connectivity index (χ1n) is 6.21. The van der Waals surface area contributed by atoms with E-state index in [2.05, 4.69) is 4.90 Å². The summed E-state index contributed by atoms with van der Waals surface area (Å²) in [5.41, 5.74) is 0.869. The third-order valence-electron chi connectivity index (χ3n) is 3.05. The van der Waals surface area contributed by atoms with Gasteiger partial charge in [0, 0.05) is 47.5 Å². The first kappa shape index (κ1) is 13.4. The second kappa shape index (κ2) is 6.20. The van der Waals surface area contributed by atoms with Gasteiger partial charge in [0.1, 0.15) is 0 Å². The summed E-state index contributed by atoms with van der Waals surface area (Å²) in [5, 5.41) is 10.1. The predicted molar refractivity (Wildman–Crippen MR) is 72.4 cm³/mol. The number of rotatable bonds is 4. The summed E-state index contributed by atoms with van der Waals surface area (Å²) in [6, 6.07) is 5.57. The van der Waals surface area contributed by atoms with Crippen LogP contribution < -0.4 is 4.74 Å². The Morgan fingerprint density at radius 3 is 2.78 bits per heavy atom. The van der Waals surface area contributed by atoms with Gasteiger partial charge in [0.15, 0.2) is 11.5 Å². The summed E-state index contributed by atoms with van der Waals surface area (Å²) in [6.07, 6.45) is 0. The number of nitrogens with zero attached hydrogens (tertiary/aromatic N) is 1. The van der Waals surface area contributed by atoms with Crippen LogP contribution in [0.25, 0.3) is 0 Å². The van der Waals surface area contributed by atoms with Crippen molar-refractivity contribution in [3.8, 4) is 11.5 Å². The molecule has 0 atom stereocenters. The number of hydrogen-bond acceptors (Lipinski definition) is 4. The van der Waals surface area contributed by atoms with Crippen molar-refractivity contribution in [2.75, 3.05) is 31.2 Å². The molecule has 0 aromatic heterocycles. The summed E-state index contributed by atoms with van der Waals surface area (Å²) in [4.78, 5) is 2.21. The molecule has 0 amide bonds. The maximum Gasteiger partial charge on any atom is 0.162 e. The fourth-order valence-corrected chi connectivity index (χ4v) is 3.17. The lowest BCUT2D eigenvalue weighted by Crippen LogP contribution is -2.37. The fourth-order valence-electron chi connectivity index (χ4n) is 2.04. The van der Waals surface area contributed by atoms with Gasteiger partial charge in [-0.1, -0.05) is 12.1 Å². The van der Waals surface area contributed by atoms with E-state index in [1.54, 1.807) is 6.07 Å². The Labute approximate surface area is 110 Å². The smallest absolute Gasteiger partial charge is 0.162 e. The van der Waals surface area contributed by atoms with Gasteiger partial charge >= 0.3 is 0 Å². The molecule has 0 radical (unpaired) electrons. The minimum Gasteiger partial charge on any atom is -0.504 e. The van der Waals surface area contributed by atoms with Gasteiger partial charge in [-0.25, -0.2) is 0 Å². The van der Waals surface area contributed by atoms with Gasteiger partial charge in [-0.15, -0.1) is 0 Å². The molecule has 5 heteroatoms. The Bertz CT molecular complexity index is 426. The number of aromatic hydroxyl groups is 1. The molecule has 0 bridgehead atoms. The maximum atomic E-state index is 11.3. The van der Waals surface area contributed by atoms with Crippen LogP contribution in [-0.2, 0) is 17.3 Å². The van der Waals surface area contributed by atoms with E-state index in [9.17, 15) is 9.32 Å². The zero-order chi connectivity index (χ0) is 13.0. The second-order valence-corrected chi connectivity index (χ2v) is 6.02. The van der Waals surface area contributed by atoms with Crippen LogP contribution in [-0.4, -0.2) is 45.4 Å². The van der Waals surface area contributed by atoms with Crippen LogP contribution in [0.1, 0.15) is 12.5 Å². The number of para-hydroxylation sites is 1. The van der Waals surface area contributed by atoms with Crippen LogP contribution in [0.5, 0.6) is 11.5 Å². The molecule has 1 heterocycles. The molecule has 100 valence electrons. The molecule has 2 rings (SSSR count). The Morgan fingerprint density at radius 1 is 1.39 bits per heavy atom. The molecule has 4 nitrogen and oxygen atoms in total. The number of phenols is 1. The zero-order valence-electron chi connectivity index (χ0n) is 10.6. The molecule has 1 aliphatic heterocycles. The SMILES string of the molecule is CCOc1cccc(CN2CCS(=O)CC2)c1O. The van der Waals surface area contributed by atoms with Crippen LogP contribution in [0.2, 0.25) is 0 Å². The number of benzene rings is 1. The molecule has 0 spiro atoms. The minimum absolute atomic E-state index is 0.228. The van der Waals surface area contributed by atoms with Crippen LogP contribution in [0.4, 0.5) is 0 Å². The standard InChI is InChI=1S/C13H19NO3S/c1-2-17-12-5-3-4-11(13(12)15)10-14-6-8-18(16)9-7-14/h3-5,15H,2,6-10H2,1H3. The molecular formula is C13H19NO3S. The fraction of sp³-hybridized carbons (Fsp3) is 0.538. The second-order valence-electron chi connectivity index (χ2n) is 4.32. The third-order valence-corrected chi connectivity index (χ3v) is 4.32. The van der Waals surface area contributed by atoms with Gasteiger partial charge < -0.3 is 9.84 Å². The monoisotopic (exact) mass is 269 g/mol. The molecule has 1 fully saturated rings. The molecule has 1 saturated heterocycles. The van der Waals surface area contributed by atoms with Crippen molar-refractivity contribution in [1.82, 2.24) is 4.90 Å². The quantitative estimate of drug-likeness (QED) is 0.896. The van der Waals surface area contributed by atoms with E-state index >= 15 is 0 Å². The van der Waals surface area contributed by atoms with Gasteiger partial charge in [-0.3, -0.25) is 9.11 Å². The summed E-state index contributed by atoms with van der Waals surface area (Å²) < 4.78 is 16.6. The Morgan fingerprint density at radius 2 is 2.11 bits per heavy atom. The average molecular weight is 269 g/mol. The highest BCUT2D eigenvalue weighted by atomic mass is 32.2. The summed E-state index contributed by atoms with van der Waals surface area (Å²) >= 11 is 0. The van der Waals surface area contributed by atoms with Gasteiger partial charge in [-0.2, -0.15) is 0 Å². The third kappa shape index (κ3) is 3.23. The molecule has 1 aromatic carbocycles. The first-order chi connectivity index (χ1) is 8.70. The number of ether oxygens (including phenoxy) is 1. The maximum absolute atomic E-state index is 11.3. The molecule has 0 unspecified atom stereocenters. The molecule has 1 aromatic rings. The van der Waals surface area contributed by atoms with Crippen molar-refractivity contribution in [2.45, 2.75) is 13.5 Å². The van der Waals surface area contributed by atoms with Crippen molar-refractivity contribution in [1.29, 1.82) is 0 Å². The van der Waals surface area contributed by atoms with Gasteiger partial charge in [0.05, 0.1) is 6.61 Å². The van der Waals surface area contributed by atoms with Crippen molar-refractivity contribution < 1.29 is 14.1 Å². The summed E-state index contributed by atoms with van der Waals surface area (Å²) in [7, 11) is -0.661. The van der Waals surface area contributed by atoms with Gasteiger partial charge in [0.2, 0.25) is 0 Å². The van der Waals surface area contributed by atoms with Crippen LogP contribution in [0.3, 0.4) is 0 Å². The van der Waals surface area contributed by atoms with Crippen molar-refractivity contribution in [2.24, 2.45) is 0 Å². The largest absolute Gasteiger partial charge is 0.504 e. The van der Waals surface area contributed by atoms with E-state index in [-0.39, 0.29) is 5.75 Å². The Kier molecular flexibility index (Phi) is 4.60. The van der Waals surface area contributed by atoms with Crippen LogP contribution in [0, 0.1) is 0 Å². The topological polar surface area (TPSA) is 49.8 Å². The minimum atomic E-state index is -0.661. The summed E-state index contributed by atoms with van der Waals surface area (Å²) in [6.45, 7) is 4.77. The van der Waals surface area contributed by atoms with Gasteiger partial charge in [0.25, 0.3) is 0 Å². The Balaban J connectivity index is 2.04. The van der Waals surface area contributed by atoms with Crippen molar-refractivity contribution in [3.05, 3.63) is 23.8 Å². The number of phenolic OH excluding ortho intramolecular Hbond substituents is 1. The average Bonchev–Trinajstić information content (AvgIpc) is 2.37. The molecule has 1 aliphatic rings. The molecule has 18 heavy (non-hydrogen) atoms. The van der Waals surface area contributed by atoms with E-state index in [0.29, 0.717) is 18.9 Å². The van der Waals surface area contributed by atoms with Gasteiger partial charge in [-0.05, 0) is 13.0 Å². The zero-order valence-corrected chi connectivity index (χ0v) is 11.4. The lowest BCUT2D eigenvalue weighted by atomic mass is 10.1. The normalized spacial score (nSPS) is 17.8. The molecular weight excluding hydrogens is 250 g/mol. The first-order valence-corrected chi connectivity index (χ1v) is 7.70. The Hall–Kier alpha value is -1.07. The van der Waals surface area contributed by atoms with E-state index < -0.39 is 10.8 Å². The lowest BCUT2D eigenvalue weighted by Gasteiger charge is -2.26. The van der Waals surface area contributed by atoms with E-state index in [1.165, 1.54) is 0 Å². The van der Waals surface area contributed by atoms with E-state index in [1.807, 2.05) is 19.1 Å². The van der Waals surface area contributed by atoms with Crippen LogP contribution in [0.15, 0.2) is 18.2 Å². The summed E-state index contributed by atoms with van der Waals surface area (Å²) in [5.74, 6) is 2.22. The van der Waals surface area contributed by atoms with Crippen LogP contribution >= 0.6 is 0 Å². The highest BCUT2D eigenvalue weighted by Crippen LogP contribution is 2.30. The molecule has 0 aliphatic carbocycles. The lowest BCUT2D eigenvalue weighted by molar-refractivity contribution is 0.280. The van der Waals surface area contributed by atoms with Crippen molar-refractivity contribution >= 4 is 10.8 Å². The van der Waals surface area contributed by atoms with E-state index in [0.717, 1.165) is 30.2 Å². The predicted octanol–water partition coefficient (Wildman–Crippen LogP) is 1.36. The van der Waals surface area contributed by atoms with E-state index in [4.69, 9.17) is 4.74 Å². The highest BCUT2D eigenvalue weighted by Gasteiger charge is 2.17. The molecule has 0 saturated carbocycles. The van der Waals surface area contributed by atoms with Crippen molar-refractivity contribution in [3.63, 3.8) is 0 Å². The number of hydrogen-bond donors (Lipinski definition) is 1.